The molecule has 0 aliphatic rings. The first-order valence-corrected chi connectivity index (χ1v) is 6.75. The van der Waals surface area contributed by atoms with E-state index in [4.69, 9.17) is 28.9 Å². The van der Waals surface area contributed by atoms with Crippen molar-refractivity contribution in [2.45, 2.75) is 18.9 Å². The zero-order chi connectivity index (χ0) is 13.8. The van der Waals surface area contributed by atoms with Crippen molar-refractivity contribution in [3.63, 3.8) is 0 Å². The van der Waals surface area contributed by atoms with Crippen LogP contribution in [0.5, 0.6) is 0 Å². The summed E-state index contributed by atoms with van der Waals surface area (Å²) in [6.07, 6.45) is 1.07. The standard InChI is InChI=1S/C15H14Cl2FN/c16-11-6-4-10(5-7-11)8-12(19)9-13-14(17)2-1-3-15(13)18/h1-7,12H,8-9,19H2. The first-order valence-electron chi connectivity index (χ1n) is 5.99. The van der Waals surface area contributed by atoms with Gasteiger partial charge in [-0.1, -0.05) is 41.4 Å². The largest absolute Gasteiger partial charge is 0.327 e. The Morgan fingerprint density at radius 2 is 1.68 bits per heavy atom. The van der Waals surface area contributed by atoms with Crippen LogP contribution in [0.1, 0.15) is 11.1 Å². The summed E-state index contributed by atoms with van der Waals surface area (Å²) in [6, 6.07) is 12.0. The van der Waals surface area contributed by atoms with E-state index in [1.165, 1.54) is 6.07 Å². The molecule has 19 heavy (non-hydrogen) atoms. The normalized spacial score (nSPS) is 12.4. The van der Waals surface area contributed by atoms with Gasteiger partial charge in [0.15, 0.2) is 0 Å². The van der Waals surface area contributed by atoms with Gasteiger partial charge in [-0.15, -0.1) is 0 Å². The van der Waals surface area contributed by atoms with Gasteiger partial charge in [0, 0.05) is 21.7 Å². The number of nitrogens with two attached hydrogens (primary N) is 1. The van der Waals surface area contributed by atoms with E-state index in [1.54, 1.807) is 12.1 Å². The van der Waals surface area contributed by atoms with Crippen molar-refractivity contribution >= 4 is 23.2 Å². The molecule has 2 rings (SSSR count). The third kappa shape index (κ3) is 3.93. The van der Waals surface area contributed by atoms with Crippen molar-refractivity contribution in [1.82, 2.24) is 0 Å². The molecule has 2 aromatic carbocycles. The van der Waals surface area contributed by atoms with Crippen LogP contribution in [0.3, 0.4) is 0 Å². The lowest BCUT2D eigenvalue weighted by Crippen LogP contribution is -2.26. The first kappa shape index (κ1) is 14.3. The van der Waals surface area contributed by atoms with Crippen molar-refractivity contribution < 1.29 is 4.39 Å². The average molecular weight is 298 g/mol. The molecule has 0 bridgehead atoms. The van der Waals surface area contributed by atoms with Crippen molar-refractivity contribution in [1.29, 1.82) is 0 Å². The molecule has 2 aromatic rings. The van der Waals surface area contributed by atoms with Crippen LogP contribution in [-0.4, -0.2) is 6.04 Å². The molecule has 0 spiro atoms. The van der Waals surface area contributed by atoms with E-state index in [9.17, 15) is 4.39 Å². The molecular formula is C15H14Cl2FN. The van der Waals surface area contributed by atoms with E-state index < -0.39 is 0 Å². The summed E-state index contributed by atoms with van der Waals surface area (Å²) in [7, 11) is 0. The molecule has 0 aliphatic heterocycles. The van der Waals surface area contributed by atoms with Gasteiger partial charge in [0.2, 0.25) is 0 Å². The average Bonchev–Trinajstić information content (AvgIpc) is 2.37. The van der Waals surface area contributed by atoms with Gasteiger partial charge in [0.05, 0.1) is 0 Å². The highest BCUT2D eigenvalue weighted by Crippen LogP contribution is 2.21. The van der Waals surface area contributed by atoms with Gasteiger partial charge in [0.25, 0.3) is 0 Å². The zero-order valence-electron chi connectivity index (χ0n) is 10.2. The third-order valence-electron chi connectivity index (χ3n) is 2.94. The Hall–Kier alpha value is -1.09. The fraction of sp³-hybridized carbons (Fsp3) is 0.200. The summed E-state index contributed by atoms with van der Waals surface area (Å²) >= 11 is 11.8. The summed E-state index contributed by atoms with van der Waals surface area (Å²) in [6.45, 7) is 0. The van der Waals surface area contributed by atoms with Gasteiger partial charge in [0.1, 0.15) is 5.82 Å². The highest BCUT2D eigenvalue weighted by atomic mass is 35.5. The van der Waals surface area contributed by atoms with Crippen LogP contribution >= 0.6 is 23.2 Å². The molecule has 2 N–H and O–H groups in total. The van der Waals surface area contributed by atoms with E-state index in [2.05, 4.69) is 0 Å². The SMILES string of the molecule is NC(Cc1ccc(Cl)cc1)Cc1c(F)cccc1Cl. The third-order valence-corrected chi connectivity index (χ3v) is 3.55. The zero-order valence-corrected chi connectivity index (χ0v) is 11.8. The van der Waals surface area contributed by atoms with E-state index in [-0.39, 0.29) is 11.9 Å². The maximum absolute atomic E-state index is 13.6. The highest BCUT2D eigenvalue weighted by molar-refractivity contribution is 6.31. The molecule has 0 saturated heterocycles. The summed E-state index contributed by atoms with van der Waals surface area (Å²) in [5, 5.41) is 1.11. The van der Waals surface area contributed by atoms with Crippen molar-refractivity contribution in [3.05, 3.63) is 69.5 Å². The van der Waals surface area contributed by atoms with Crippen LogP contribution in [-0.2, 0) is 12.8 Å². The monoisotopic (exact) mass is 297 g/mol. The lowest BCUT2D eigenvalue weighted by molar-refractivity contribution is 0.584. The molecule has 0 aliphatic carbocycles. The maximum atomic E-state index is 13.6. The van der Waals surface area contributed by atoms with Crippen molar-refractivity contribution in [2.75, 3.05) is 0 Å². The fourth-order valence-corrected chi connectivity index (χ4v) is 2.35. The molecule has 100 valence electrons. The fourth-order valence-electron chi connectivity index (χ4n) is 1.98. The van der Waals surface area contributed by atoms with Gasteiger partial charge >= 0.3 is 0 Å². The quantitative estimate of drug-likeness (QED) is 0.897. The Labute approximate surface area is 122 Å². The maximum Gasteiger partial charge on any atom is 0.127 e. The molecular weight excluding hydrogens is 284 g/mol. The van der Waals surface area contributed by atoms with E-state index in [1.807, 2.05) is 24.3 Å². The second kappa shape index (κ2) is 6.38. The van der Waals surface area contributed by atoms with Crippen LogP contribution in [0, 0.1) is 5.82 Å². The van der Waals surface area contributed by atoms with Crippen LogP contribution in [0.25, 0.3) is 0 Å². The predicted molar refractivity (Wildman–Crippen MR) is 78.2 cm³/mol. The van der Waals surface area contributed by atoms with Crippen LogP contribution in [0.4, 0.5) is 4.39 Å². The number of hydrogen-bond acceptors (Lipinski definition) is 1. The summed E-state index contributed by atoms with van der Waals surface area (Å²) in [5.74, 6) is -0.306. The molecule has 4 heteroatoms. The Bertz CT molecular complexity index is 534. The number of hydrogen-bond donors (Lipinski definition) is 1. The Kier molecular flexibility index (Phi) is 4.81. The number of halogens is 3. The van der Waals surface area contributed by atoms with Crippen LogP contribution in [0.15, 0.2) is 42.5 Å². The molecule has 0 saturated carbocycles. The van der Waals surface area contributed by atoms with Gasteiger partial charge < -0.3 is 5.73 Å². The van der Waals surface area contributed by atoms with E-state index in [0.717, 1.165) is 5.56 Å². The Balaban J connectivity index is 2.05. The van der Waals surface area contributed by atoms with Gasteiger partial charge in [-0.3, -0.25) is 0 Å². The van der Waals surface area contributed by atoms with Gasteiger partial charge in [-0.05, 0) is 42.7 Å². The van der Waals surface area contributed by atoms with E-state index >= 15 is 0 Å². The number of rotatable bonds is 4. The molecule has 0 radical (unpaired) electrons. The summed E-state index contributed by atoms with van der Waals surface area (Å²) in [4.78, 5) is 0. The second-order valence-electron chi connectivity index (χ2n) is 4.50. The predicted octanol–water partition coefficient (Wildman–Crippen LogP) is 4.25. The van der Waals surface area contributed by atoms with Gasteiger partial charge in [-0.2, -0.15) is 0 Å². The Morgan fingerprint density at radius 1 is 1.00 bits per heavy atom. The minimum absolute atomic E-state index is 0.185. The lowest BCUT2D eigenvalue weighted by Gasteiger charge is -2.13. The van der Waals surface area contributed by atoms with Gasteiger partial charge in [-0.25, -0.2) is 4.39 Å². The number of benzene rings is 2. The molecule has 0 amide bonds. The highest BCUT2D eigenvalue weighted by Gasteiger charge is 2.12. The lowest BCUT2D eigenvalue weighted by atomic mass is 9.99. The molecule has 1 unspecified atom stereocenters. The van der Waals surface area contributed by atoms with Crippen LogP contribution in [0.2, 0.25) is 10.0 Å². The molecule has 0 heterocycles. The van der Waals surface area contributed by atoms with Crippen molar-refractivity contribution in [2.24, 2.45) is 5.73 Å². The Morgan fingerprint density at radius 3 is 2.32 bits per heavy atom. The molecule has 1 atom stereocenters. The smallest absolute Gasteiger partial charge is 0.127 e. The minimum atomic E-state index is -0.306. The van der Waals surface area contributed by atoms with Crippen molar-refractivity contribution in [3.8, 4) is 0 Å². The second-order valence-corrected chi connectivity index (χ2v) is 5.34. The first-order chi connectivity index (χ1) is 9.06. The molecule has 0 aromatic heterocycles. The minimum Gasteiger partial charge on any atom is -0.327 e. The van der Waals surface area contributed by atoms with E-state index in [0.29, 0.717) is 28.5 Å². The molecule has 0 fully saturated rings. The molecule has 1 nitrogen and oxygen atoms in total. The van der Waals surface area contributed by atoms with Crippen LogP contribution < -0.4 is 5.73 Å². The topological polar surface area (TPSA) is 26.0 Å². The summed E-state index contributed by atoms with van der Waals surface area (Å²) < 4.78 is 13.6. The summed E-state index contributed by atoms with van der Waals surface area (Å²) in [5.41, 5.74) is 7.61.